The lowest BCUT2D eigenvalue weighted by molar-refractivity contribution is -0.141. The number of rotatable bonds is 4. The standard InChI is InChI=1S/C16H20N2O3/c1-9(16(20)21)8-18(4)15(19)12-5-6-14-13(7-12)10(2)11(3)17-14/h5-7,9,17H,8H2,1-4H3,(H,20,21). The van der Waals surface area contributed by atoms with E-state index in [0.29, 0.717) is 5.56 Å². The van der Waals surface area contributed by atoms with Crippen molar-refractivity contribution in [1.82, 2.24) is 9.88 Å². The molecule has 0 radical (unpaired) electrons. The van der Waals surface area contributed by atoms with E-state index in [9.17, 15) is 9.59 Å². The molecule has 0 saturated carbocycles. The second-order valence-corrected chi connectivity index (χ2v) is 5.56. The molecule has 0 aliphatic carbocycles. The molecule has 0 aliphatic heterocycles. The van der Waals surface area contributed by atoms with Crippen molar-refractivity contribution < 1.29 is 14.7 Å². The van der Waals surface area contributed by atoms with Crippen LogP contribution in [0.1, 0.15) is 28.5 Å². The lowest BCUT2D eigenvalue weighted by atomic mass is 10.1. The van der Waals surface area contributed by atoms with E-state index in [2.05, 4.69) is 4.98 Å². The molecule has 1 aromatic carbocycles. The van der Waals surface area contributed by atoms with Gasteiger partial charge in [0.15, 0.2) is 0 Å². The van der Waals surface area contributed by atoms with E-state index in [-0.39, 0.29) is 12.5 Å². The van der Waals surface area contributed by atoms with E-state index < -0.39 is 11.9 Å². The van der Waals surface area contributed by atoms with Crippen LogP contribution in [-0.4, -0.2) is 40.5 Å². The summed E-state index contributed by atoms with van der Waals surface area (Å²) in [6, 6.07) is 5.51. The molecule has 0 bridgehead atoms. The molecule has 0 aliphatic rings. The Morgan fingerprint density at radius 1 is 1.33 bits per heavy atom. The number of amides is 1. The fourth-order valence-corrected chi connectivity index (χ4v) is 2.39. The molecule has 2 rings (SSSR count). The molecule has 21 heavy (non-hydrogen) atoms. The summed E-state index contributed by atoms with van der Waals surface area (Å²) in [5, 5.41) is 9.95. The number of carboxylic acid groups (broad SMARTS) is 1. The number of aromatic nitrogens is 1. The Hall–Kier alpha value is -2.30. The highest BCUT2D eigenvalue weighted by atomic mass is 16.4. The molecular weight excluding hydrogens is 268 g/mol. The average Bonchev–Trinajstić information content (AvgIpc) is 2.72. The molecule has 1 heterocycles. The minimum Gasteiger partial charge on any atom is -0.481 e. The van der Waals surface area contributed by atoms with Gasteiger partial charge in [-0.1, -0.05) is 6.92 Å². The van der Waals surface area contributed by atoms with Crippen molar-refractivity contribution in [2.24, 2.45) is 5.92 Å². The highest BCUT2D eigenvalue weighted by Gasteiger charge is 2.19. The summed E-state index contributed by atoms with van der Waals surface area (Å²) < 4.78 is 0. The number of hydrogen-bond donors (Lipinski definition) is 2. The Morgan fingerprint density at radius 3 is 2.62 bits per heavy atom. The van der Waals surface area contributed by atoms with Gasteiger partial charge in [-0.15, -0.1) is 0 Å². The maximum Gasteiger partial charge on any atom is 0.308 e. The minimum atomic E-state index is -0.901. The van der Waals surface area contributed by atoms with E-state index in [1.165, 1.54) is 4.90 Å². The number of H-pyrrole nitrogens is 1. The number of hydrogen-bond acceptors (Lipinski definition) is 2. The largest absolute Gasteiger partial charge is 0.481 e. The van der Waals surface area contributed by atoms with Gasteiger partial charge in [0, 0.05) is 35.8 Å². The normalized spacial score (nSPS) is 12.4. The van der Waals surface area contributed by atoms with Crippen molar-refractivity contribution in [3.05, 3.63) is 35.0 Å². The fourth-order valence-electron chi connectivity index (χ4n) is 2.39. The zero-order valence-electron chi connectivity index (χ0n) is 12.7. The number of carbonyl (C=O) groups is 2. The van der Waals surface area contributed by atoms with Crippen molar-refractivity contribution in [3.8, 4) is 0 Å². The first kappa shape index (κ1) is 15.1. The van der Waals surface area contributed by atoms with Gasteiger partial charge in [-0.05, 0) is 37.6 Å². The number of benzene rings is 1. The van der Waals surface area contributed by atoms with Gasteiger partial charge < -0.3 is 15.0 Å². The SMILES string of the molecule is Cc1[nH]c2ccc(C(=O)N(C)CC(C)C(=O)O)cc2c1C. The van der Waals surface area contributed by atoms with Gasteiger partial charge in [-0.25, -0.2) is 0 Å². The molecule has 5 nitrogen and oxygen atoms in total. The molecule has 0 saturated heterocycles. The Labute approximate surface area is 123 Å². The van der Waals surface area contributed by atoms with Crippen LogP contribution in [0.25, 0.3) is 10.9 Å². The molecule has 1 unspecified atom stereocenters. The van der Waals surface area contributed by atoms with Crippen LogP contribution in [0.5, 0.6) is 0 Å². The van der Waals surface area contributed by atoms with Crippen LogP contribution in [0.3, 0.4) is 0 Å². The van der Waals surface area contributed by atoms with Crippen LogP contribution in [0.4, 0.5) is 0 Å². The first-order chi connectivity index (χ1) is 9.81. The molecule has 112 valence electrons. The third-order valence-corrected chi connectivity index (χ3v) is 3.87. The molecule has 0 spiro atoms. The van der Waals surface area contributed by atoms with Gasteiger partial charge in [0.05, 0.1) is 5.92 Å². The van der Waals surface area contributed by atoms with Gasteiger partial charge in [0.1, 0.15) is 0 Å². The fraction of sp³-hybridized carbons (Fsp3) is 0.375. The summed E-state index contributed by atoms with van der Waals surface area (Å²) in [7, 11) is 1.63. The second-order valence-electron chi connectivity index (χ2n) is 5.56. The van der Waals surface area contributed by atoms with Gasteiger partial charge in [-0.2, -0.15) is 0 Å². The van der Waals surface area contributed by atoms with Crippen molar-refractivity contribution in [3.63, 3.8) is 0 Å². The average molecular weight is 288 g/mol. The lowest BCUT2D eigenvalue weighted by Crippen LogP contribution is -2.33. The summed E-state index contributed by atoms with van der Waals surface area (Å²) in [5.41, 5.74) is 3.79. The number of carboxylic acids is 1. The highest BCUT2D eigenvalue weighted by molar-refractivity contribution is 5.99. The van der Waals surface area contributed by atoms with Crippen LogP contribution in [-0.2, 0) is 4.79 Å². The number of aliphatic carboxylic acids is 1. The first-order valence-corrected chi connectivity index (χ1v) is 6.88. The number of carbonyl (C=O) groups excluding carboxylic acids is 1. The molecule has 2 N–H and O–H groups in total. The summed E-state index contributed by atoms with van der Waals surface area (Å²) in [6.07, 6.45) is 0. The van der Waals surface area contributed by atoms with Crippen LogP contribution in [0.15, 0.2) is 18.2 Å². The van der Waals surface area contributed by atoms with Crippen molar-refractivity contribution in [1.29, 1.82) is 0 Å². The lowest BCUT2D eigenvalue weighted by Gasteiger charge is -2.19. The Bertz CT molecular complexity index is 703. The third-order valence-electron chi connectivity index (χ3n) is 3.87. The minimum absolute atomic E-state index is 0.164. The van der Waals surface area contributed by atoms with E-state index in [4.69, 9.17) is 5.11 Å². The number of fused-ring (bicyclic) bond motifs is 1. The summed E-state index contributed by atoms with van der Waals surface area (Å²) >= 11 is 0. The molecule has 2 aromatic rings. The first-order valence-electron chi connectivity index (χ1n) is 6.88. The van der Waals surface area contributed by atoms with E-state index in [1.807, 2.05) is 26.0 Å². The quantitative estimate of drug-likeness (QED) is 0.908. The summed E-state index contributed by atoms with van der Waals surface area (Å²) in [5.74, 6) is -1.65. The highest BCUT2D eigenvalue weighted by Crippen LogP contribution is 2.23. The Kier molecular flexibility index (Phi) is 4.02. The van der Waals surface area contributed by atoms with Crippen molar-refractivity contribution >= 4 is 22.8 Å². The van der Waals surface area contributed by atoms with Gasteiger partial charge in [0.2, 0.25) is 0 Å². The molecule has 1 aromatic heterocycles. The summed E-state index contributed by atoms with van der Waals surface area (Å²) in [4.78, 5) is 28.0. The maximum absolute atomic E-state index is 12.4. The van der Waals surface area contributed by atoms with Gasteiger partial charge in [-0.3, -0.25) is 9.59 Å². The number of nitrogens with zero attached hydrogens (tertiary/aromatic N) is 1. The van der Waals surface area contributed by atoms with E-state index in [1.54, 1.807) is 20.0 Å². The number of nitrogens with one attached hydrogen (secondary N) is 1. The molecular formula is C16H20N2O3. The van der Waals surface area contributed by atoms with Crippen molar-refractivity contribution in [2.75, 3.05) is 13.6 Å². The van der Waals surface area contributed by atoms with Gasteiger partial charge >= 0.3 is 5.97 Å². The smallest absolute Gasteiger partial charge is 0.308 e. The topological polar surface area (TPSA) is 73.4 Å². The maximum atomic E-state index is 12.4. The second kappa shape index (κ2) is 5.60. The van der Waals surface area contributed by atoms with E-state index >= 15 is 0 Å². The van der Waals surface area contributed by atoms with Crippen LogP contribution in [0, 0.1) is 19.8 Å². The van der Waals surface area contributed by atoms with Crippen LogP contribution < -0.4 is 0 Å². The predicted octanol–water partition coefficient (Wildman–Crippen LogP) is 2.58. The predicted molar refractivity (Wildman–Crippen MR) is 81.5 cm³/mol. The zero-order chi connectivity index (χ0) is 15.7. The molecule has 1 amide bonds. The monoisotopic (exact) mass is 288 g/mol. The van der Waals surface area contributed by atoms with Gasteiger partial charge in [0.25, 0.3) is 5.91 Å². The van der Waals surface area contributed by atoms with Crippen LogP contribution in [0.2, 0.25) is 0 Å². The van der Waals surface area contributed by atoms with E-state index in [0.717, 1.165) is 22.2 Å². The van der Waals surface area contributed by atoms with Crippen LogP contribution >= 0.6 is 0 Å². The van der Waals surface area contributed by atoms with Crippen molar-refractivity contribution in [2.45, 2.75) is 20.8 Å². The molecule has 5 heteroatoms. The molecule has 0 fully saturated rings. The third kappa shape index (κ3) is 2.91. The Morgan fingerprint density at radius 2 is 2.00 bits per heavy atom. The number of aromatic amines is 1. The Balaban J connectivity index is 2.26. The summed E-state index contributed by atoms with van der Waals surface area (Å²) in [6.45, 7) is 5.79. The molecule has 1 atom stereocenters. The number of aryl methyl sites for hydroxylation is 2. The zero-order valence-corrected chi connectivity index (χ0v) is 12.7.